The first kappa shape index (κ1) is 15.9. The number of nitrogens with zero attached hydrogens (tertiary/aromatic N) is 3. The van der Waals surface area contributed by atoms with E-state index in [1.54, 1.807) is 6.20 Å². The molecular weight excluding hydrogens is 290 g/mol. The van der Waals surface area contributed by atoms with Crippen LogP contribution in [0, 0.1) is 0 Å². The van der Waals surface area contributed by atoms with E-state index in [0.29, 0.717) is 5.88 Å². The Hall–Kier alpha value is -1.98. The predicted molar refractivity (Wildman–Crippen MR) is 90.6 cm³/mol. The highest BCUT2D eigenvalue weighted by molar-refractivity contribution is 5.73. The number of hydrogen-bond donors (Lipinski definition) is 0. The molecule has 0 unspecified atom stereocenters. The quantitative estimate of drug-likeness (QED) is 0.736. The van der Waals surface area contributed by atoms with Crippen LogP contribution in [0.5, 0.6) is 5.88 Å². The SMILES string of the molecule is C=CCC[C@@H](CN1CCOCC1)Oc1cnc2ccccc2n1. The Balaban J connectivity index is 1.68. The second kappa shape index (κ2) is 8.04. The summed E-state index contributed by atoms with van der Waals surface area (Å²) in [7, 11) is 0. The highest BCUT2D eigenvalue weighted by Gasteiger charge is 2.18. The van der Waals surface area contributed by atoms with E-state index in [9.17, 15) is 0 Å². The normalized spacial score (nSPS) is 17.0. The van der Waals surface area contributed by atoms with Gasteiger partial charge in [-0.1, -0.05) is 18.2 Å². The number of fused-ring (bicyclic) bond motifs is 1. The summed E-state index contributed by atoms with van der Waals surface area (Å²) >= 11 is 0. The first-order valence-corrected chi connectivity index (χ1v) is 8.14. The third kappa shape index (κ3) is 4.50. The van der Waals surface area contributed by atoms with E-state index in [2.05, 4.69) is 21.4 Å². The standard InChI is InChI=1S/C18H23N3O2/c1-2-3-6-15(14-21-9-11-22-12-10-21)23-18-13-19-16-7-4-5-8-17(16)20-18/h2,4-5,7-8,13,15H,1,3,6,9-12,14H2/t15-/m0/s1. The van der Waals surface area contributed by atoms with Crippen molar-refractivity contribution in [2.24, 2.45) is 0 Å². The molecule has 1 aliphatic heterocycles. The van der Waals surface area contributed by atoms with Gasteiger partial charge >= 0.3 is 0 Å². The maximum Gasteiger partial charge on any atom is 0.233 e. The van der Waals surface area contributed by atoms with Gasteiger partial charge in [0.2, 0.25) is 5.88 Å². The molecule has 3 rings (SSSR count). The Morgan fingerprint density at radius 1 is 1.26 bits per heavy atom. The molecule has 122 valence electrons. The van der Waals surface area contributed by atoms with Crippen molar-refractivity contribution in [1.82, 2.24) is 14.9 Å². The highest BCUT2D eigenvalue weighted by atomic mass is 16.5. The minimum absolute atomic E-state index is 0.0848. The Bertz CT molecular complexity index is 641. The maximum absolute atomic E-state index is 6.12. The first-order chi connectivity index (χ1) is 11.3. The van der Waals surface area contributed by atoms with E-state index in [0.717, 1.165) is 56.7 Å². The van der Waals surface area contributed by atoms with Crippen LogP contribution in [0.3, 0.4) is 0 Å². The largest absolute Gasteiger partial charge is 0.472 e. The molecule has 1 saturated heterocycles. The van der Waals surface area contributed by atoms with Gasteiger partial charge < -0.3 is 9.47 Å². The summed E-state index contributed by atoms with van der Waals surface area (Å²) in [5, 5.41) is 0. The van der Waals surface area contributed by atoms with Gasteiger partial charge in [0.05, 0.1) is 30.4 Å². The number of benzene rings is 1. The summed E-state index contributed by atoms with van der Waals surface area (Å²) in [6.07, 6.45) is 5.58. The fraction of sp³-hybridized carbons (Fsp3) is 0.444. The molecule has 1 fully saturated rings. The van der Waals surface area contributed by atoms with Crippen molar-refractivity contribution in [3.63, 3.8) is 0 Å². The predicted octanol–water partition coefficient (Wildman–Crippen LogP) is 2.68. The van der Waals surface area contributed by atoms with Crippen molar-refractivity contribution in [1.29, 1.82) is 0 Å². The summed E-state index contributed by atoms with van der Waals surface area (Å²) in [6, 6.07) is 7.83. The Morgan fingerprint density at radius 2 is 2.04 bits per heavy atom. The zero-order valence-corrected chi connectivity index (χ0v) is 13.4. The van der Waals surface area contributed by atoms with Crippen molar-refractivity contribution in [2.45, 2.75) is 18.9 Å². The van der Waals surface area contributed by atoms with Gasteiger partial charge in [-0.15, -0.1) is 6.58 Å². The third-order valence-electron chi connectivity index (χ3n) is 3.97. The Kier molecular flexibility index (Phi) is 5.56. The molecule has 0 amide bonds. The van der Waals surface area contributed by atoms with E-state index < -0.39 is 0 Å². The van der Waals surface area contributed by atoms with E-state index in [1.807, 2.05) is 30.3 Å². The smallest absolute Gasteiger partial charge is 0.233 e. The fourth-order valence-electron chi connectivity index (χ4n) is 2.73. The lowest BCUT2D eigenvalue weighted by Crippen LogP contribution is -2.42. The molecule has 5 heteroatoms. The van der Waals surface area contributed by atoms with Gasteiger partial charge in [0.1, 0.15) is 6.10 Å². The van der Waals surface area contributed by atoms with Gasteiger partial charge in [-0.3, -0.25) is 4.90 Å². The molecule has 23 heavy (non-hydrogen) atoms. The minimum Gasteiger partial charge on any atom is -0.472 e. The molecule has 1 aromatic heterocycles. The van der Waals surface area contributed by atoms with Gasteiger partial charge in [-0.05, 0) is 25.0 Å². The second-order valence-corrected chi connectivity index (χ2v) is 5.72. The van der Waals surface area contributed by atoms with E-state index in [1.165, 1.54) is 0 Å². The highest BCUT2D eigenvalue weighted by Crippen LogP contribution is 2.16. The van der Waals surface area contributed by atoms with E-state index in [4.69, 9.17) is 9.47 Å². The van der Waals surface area contributed by atoms with Gasteiger partial charge in [0.25, 0.3) is 0 Å². The van der Waals surface area contributed by atoms with Gasteiger partial charge in [-0.2, -0.15) is 0 Å². The van der Waals surface area contributed by atoms with Crippen LogP contribution in [0.25, 0.3) is 11.0 Å². The molecule has 0 saturated carbocycles. The van der Waals surface area contributed by atoms with Crippen molar-refractivity contribution < 1.29 is 9.47 Å². The molecule has 2 aromatic rings. The number of ether oxygens (including phenoxy) is 2. The van der Waals surface area contributed by atoms with Crippen molar-refractivity contribution >= 4 is 11.0 Å². The van der Waals surface area contributed by atoms with Crippen LogP contribution in [-0.2, 0) is 4.74 Å². The average molecular weight is 313 g/mol. The second-order valence-electron chi connectivity index (χ2n) is 5.72. The number of morpholine rings is 1. The summed E-state index contributed by atoms with van der Waals surface area (Å²) in [6.45, 7) is 8.19. The first-order valence-electron chi connectivity index (χ1n) is 8.14. The van der Waals surface area contributed by atoms with E-state index >= 15 is 0 Å². The molecule has 0 aliphatic carbocycles. The van der Waals surface area contributed by atoms with Crippen LogP contribution in [0.15, 0.2) is 43.1 Å². The monoisotopic (exact) mass is 313 g/mol. The van der Waals surface area contributed by atoms with Crippen LogP contribution in [0.4, 0.5) is 0 Å². The number of rotatable bonds is 7. The molecule has 5 nitrogen and oxygen atoms in total. The van der Waals surface area contributed by atoms with Crippen LogP contribution < -0.4 is 4.74 Å². The number of aromatic nitrogens is 2. The molecule has 1 aliphatic rings. The van der Waals surface area contributed by atoms with Crippen molar-refractivity contribution in [2.75, 3.05) is 32.8 Å². The molecule has 0 N–H and O–H groups in total. The number of allylic oxidation sites excluding steroid dienone is 1. The zero-order chi connectivity index (χ0) is 15.9. The van der Waals surface area contributed by atoms with Crippen molar-refractivity contribution in [3.05, 3.63) is 43.1 Å². The topological polar surface area (TPSA) is 47.5 Å². The van der Waals surface area contributed by atoms with E-state index in [-0.39, 0.29) is 6.10 Å². The molecule has 1 aromatic carbocycles. The third-order valence-corrected chi connectivity index (χ3v) is 3.97. The lowest BCUT2D eigenvalue weighted by molar-refractivity contribution is 0.0174. The maximum atomic E-state index is 6.12. The molecule has 0 spiro atoms. The lowest BCUT2D eigenvalue weighted by Gasteiger charge is -2.30. The zero-order valence-electron chi connectivity index (χ0n) is 13.4. The molecule has 0 radical (unpaired) electrons. The van der Waals surface area contributed by atoms with Gasteiger partial charge in [0.15, 0.2) is 0 Å². The minimum atomic E-state index is 0.0848. The lowest BCUT2D eigenvalue weighted by atomic mass is 10.2. The van der Waals surface area contributed by atoms with Gasteiger partial charge in [-0.25, -0.2) is 9.97 Å². The van der Waals surface area contributed by atoms with Crippen LogP contribution in [0.1, 0.15) is 12.8 Å². The number of hydrogen-bond acceptors (Lipinski definition) is 5. The summed E-state index contributed by atoms with van der Waals surface area (Å²) < 4.78 is 11.5. The van der Waals surface area contributed by atoms with Crippen LogP contribution >= 0.6 is 0 Å². The molecule has 2 heterocycles. The molecular formula is C18H23N3O2. The van der Waals surface area contributed by atoms with Crippen molar-refractivity contribution in [3.8, 4) is 5.88 Å². The molecule has 0 bridgehead atoms. The Labute approximate surface area is 136 Å². The average Bonchev–Trinajstić information content (AvgIpc) is 2.60. The Morgan fingerprint density at radius 3 is 2.83 bits per heavy atom. The van der Waals surface area contributed by atoms with Crippen LogP contribution in [0.2, 0.25) is 0 Å². The van der Waals surface area contributed by atoms with Crippen LogP contribution in [-0.4, -0.2) is 53.8 Å². The number of para-hydroxylation sites is 2. The fourth-order valence-corrected chi connectivity index (χ4v) is 2.73. The summed E-state index contributed by atoms with van der Waals surface area (Å²) in [5.74, 6) is 0.589. The summed E-state index contributed by atoms with van der Waals surface area (Å²) in [5.41, 5.74) is 1.74. The summed E-state index contributed by atoms with van der Waals surface area (Å²) in [4.78, 5) is 11.4. The molecule has 1 atom stereocenters. The van der Waals surface area contributed by atoms with Gasteiger partial charge in [0, 0.05) is 19.6 Å².